The normalized spacial score (nSPS) is 12.8. The molecule has 108 valence electrons. The Morgan fingerprint density at radius 1 is 1.10 bits per heavy atom. The molecule has 6 heteroatoms. The lowest BCUT2D eigenvalue weighted by Gasteiger charge is -2.18. The number of hydrogen-bond donors (Lipinski definition) is 2. The molecule has 1 heterocycles. The zero-order chi connectivity index (χ0) is 14.8. The van der Waals surface area contributed by atoms with Crippen LogP contribution in [0.15, 0.2) is 36.4 Å². The summed E-state index contributed by atoms with van der Waals surface area (Å²) in [4.78, 5) is 12.2. The second-order valence-corrected chi connectivity index (χ2v) is 4.89. The van der Waals surface area contributed by atoms with E-state index in [0.29, 0.717) is 36.0 Å². The number of nitrogens with one attached hydrogen (secondary N) is 1. The van der Waals surface area contributed by atoms with Gasteiger partial charge in [0.15, 0.2) is 11.5 Å². The van der Waals surface area contributed by atoms with Crippen molar-refractivity contribution in [2.24, 2.45) is 0 Å². The Hall–Kier alpha value is -2.40. The van der Waals surface area contributed by atoms with E-state index >= 15 is 0 Å². The van der Waals surface area contributed by atoms with Gasteiger partial charge in [-0.1, -0.05) is 11.6 Å². The molecule has 0 unspecified atom stereocenters. The van der Waals surface area contributed by atoms with Gasteiger partial charge >= 0.3 is 0 Å². The second kappa shape index (κ2) is 5.54. The standard InChI is InChI=1S/C15H12ClNO4/c16-11-3-2-10(8-12(11)18)17-15(19)9-1-4-13-14(7-9)21-6-5-20-13/h1-4,7-8,18H,5-6H2,(H,17,19). The number of fused-ring (bicyclic) bond motifs is 1. The Labute approximate surface area is 126 Å². The lowest BCUT2D eigenvalue weighted by Crippen LogP contribution is -2.17. The highest BCUT2D eigenvalue weighted by atomic mass is 35.5. The molecular weight excluding hydrogens is 294 g/mol. The van der Waals surface area contributed by atoms with E-state index in [9.17, 15) is 9.90 Å². The quantitative estimate of drug-likeness (QED) is 0.895. The van der Waals surface area contributed by atoms with Gasteiger partial charge in [0.2, 0.25) is 0 Å². The first-order valence-corrected chi connectivity index (χ1v) is 6.71. The van der Waals surface area contributed by atoms with E-state index in [2.05, 4.69) is 5.32 Å². The number of carbonyl (C=O) groups is 1. The van der Waals surface area contributed by atoms with E-state index in [1.165, 1.54) is 12.1 Å². The SMILES string of the molecule is O=C(Nc1ccc(Cl)c(O)c1)c1ccc2c(c1)OCCO2. The summed E-state index contributed by atoms with van der Waals surface area (Å²) in [5, 5.41) is 12.4. The molecule has 0 spiro atoms. The minimum atomic E-state index is -0.311. The number of rotatable bonds is 2. The van der Waals surface area contributed by atoms with E-state index in [1.807, 2.05) is 0 Å². The summed E-state index contributed by atoms with van der Waals surface area (Å²) >= 11 is 5.72. The van der Waals surface area contributed by atoms with Crippen LogP contribution in [0.2, 0.25) is 5.02 Å². The van der Waals surface area contributed by atoms with Gasteiger partial charge in [-0.25, -0.2) is 0 Å². The molecule has 0 bridgehead atoms. The monoisotopic (exact) mass is 305 g/mol. The molecule has 1 aliphatic rings. The maximum Gasteiger partial charge on any atom is 0.255 e. The number of anilines is 1. The minimum absolute atomic E-state index is 0.0864. The maximum absolute atomic E-state index is 12.2. The first-order chi connectivity index (χ1) is 10.1. The molecule has 0 aromatic heterocycles. The predicted molar refractivity (Wildman–Crippen MR) is 78.5 cm³/mol. The summed E-state index contributed by atoms with van der Waals surface area (Å²) < 4.78 is 10.8. The first-order valence-electron chi connectivity index (χ1n) is 6.33. The summed E-state index contributed by atoms with van der Waals surface area (Å²) in [6, 6.07) is 9.48. The Balaban J connectivity index is 1.80. The molecule has 1 amide bonds. The third-order valence-corrected chi connectivity index (χ3v) is 3.33. The van der Waals surface area contributed by atoms with Crippen molar-refractivity contribution in [3.8, 4) is 17.2 Å². The highest BCUT2D eigenvalue weighted by Crippen LogP contribution is 2.31. The number of hydrogen-bond acceptors (Lipinski definition) is 4. The number of aromatic hydroxyl groups is 1. The van der Waals surface area contributed by atoms with Gasteiger partial charge in [0, 0.05) is 17.3 Å². The summed E-state index contributed by atoms with van der Waals surface area (Å²) in [7, 11) is 0. The van der Waals surface area contributed by atoms with E-state index in [0.717, 1.165) is 0 Å². The fraction of sp³-hybridized carbons (Fsp3) is 0.133. The molecule has 0 radical (unpaired) electrons. The van der Waals surface area contributed by atoms with Gasteiger partial charge in [-0.15, -0.1) is 0 Å². The zero-order valence-electron chi connectivity index (χ0n) is 10.9. The van der Waals surface area contributed by atoms with Crippen LogP contribution in [0.1, 0.15) is 10.4 Å². The molecule has 0 fully saturated rings. The molecule has 3 rings (SSSR count). The van der Waals surface area contributed by atoms with E-state index in [4.69, 9.17) is 21.1 Å². The van der Waals surface area contributed by atoms with Gasteiger partial charge in [-0.05, 0) is 30.3 Å². The molecule has 1 aliphatic heterocycles. The molecule has 2 aromatic rings. The molecule has 2 N–H and O–H groups in total. The third-order valence-electron chi connectivity index (χ3n) is 3.01. The van der Waals surface area contributed by atoms with Crippen LogP contribution < -0.4 is 14.8 Å². The lowest BCUT2D eigenvalue weighted by molar-refractivity contribution is 0.102. The van der Waals surface area contributed by atoms with Gasteiger partial charge in [-0.2, -0.15) is 0 Å². The average Bonchev–Trinajstić information content (AvgIpc) is 2.50. The van der Waals surface area contributed by atoms with Gasteiger partial charge in [0.25, 0.3) is 5.91 Å². The van der Waals surface area contributed by atoms with Gasteiger partial charge in [0.1, 0.15) is 19.0 Å². The van der Waals surface area contributed by atoms with Crippen molar-refractivity contribution in [2.45, 2.75) is 0 Å². The molecular formula is C15H12ClNO4. The number of amides is 1. The molecule has 0 aliphatic carbocycles. The van der Waals surface area contributed by atoms with Gasteiger partial charge in [0.05, 0.1) is 5.02 Å². The van der Waals surface area contributed by atoms with E-state index in [1.54, 1.807) is 24.3 Å². The Bertz CT molecular complexity index is 702. The smallest absolute Gasteiger partial charge is 0.255 e. The van der Waals surface area contributed by atoms with Crippen LogP contribution in [0.4, 0.5) is 5.69 Å². The van der Waals surface area contributed by atoms with Crippen LogP contribution in [-0.2, 0) is 0 Å². The number of benzene rings is 2. The first kappa shape index (κ1) is 13.6. The third kappa shape index (κ3) is 2.87. The largest absolute Gasteiger partial charge is 0.506 e. The van der Waals surface area contributed by atoms with Crippen LogP contribution >= 0.6 is 11.6 Å². The predicted octanol–water partition coefficient (Wildman–Crippen LogP) is 3.07. The summed E-state index contributed by atoms with van der Waals surface area (Å²) in [6.07, 6.45) is 0. The summed E-state index contributed by atoms with van der Waals surface area (Å²) in [5.41, 5.74) is 0.894. The molecule has 0 saturated carbocycles. The Kier molecular flexibility index (Phi) is 3.58. The molecule has 0 saturated heterocycles. The fourth-order valence-electron chi connectivity index (χ4n) is 1.98. The van der Waals surface area contributed by atoms with Crippen LogP contribution in [0.5, 0.6) is 17.2 Å². The zero-order valence-corrected chi connectivity index (χ0v) is 11.7. The number of phenolic OH excluding ortho intramolecular Hbond substituents is 1. The maximum atomic E-state index is 12.2. The Morgan fingerprint density at radius 3 is 2.62 bits per heavy atom. The fourth-order valence-corrected chi connectivity index (χ4v) is 2.10. The van der Waals surface area contributed by atoms with Gasteiger partial charge in [-0.3, -0.25) is 4.79 Å². The summed E-state index contributed by atoms with van der Waals surface area (Å²) in [6.45, 7) is 0.964. The number of halogens is 1. The van der Waals surface area contributed by atoms with Crippen molar-refractivity contribution in [2.75, 3.05) is 18.5 Å². The number of ether oxygens (including phenoxy) is 2. The molecule has 5 nitrogen and oxygen atoms in total. The Morgan fingerprint density at radius 2 is 1.86 bits per heavy atom. The summed E-state index contributed by atoms with van der Waals surface area (Å²) in [5.74, 6) is 0.778. The van der Waals surface area contributed by atoms with Crippen molar-refractivity contribution in [1.29, 1.82) is 0 Å². The number of phenols is 1. The van der Waals surface area contributed by atoms with Crippen molar-refractivity contribution in [1.82, 2.24) is 0 Å². The van der Waals surface area contributed by atoms with Crippen molar-refractivity contribution >= 4 is 23.2 Å². The highest BCUT2D eigenvalue weighted by Gasteiger charge is 2.15. The van der Waals surface area contributed by atoms with E-state index in [-0.39, 0.29) is 16.7 Å². The van der Waals surface area contributed by atoms with Crippen LogP contribution in [0, 0.1) is 0 Å². The highest BCUT2D eigenvalue weighted by molar-refractivity contribution is 6.32. The average molecular weight is 306 g/mol. The molecule has 2 aromatic carbocycles. The van der Waals surface area contributed by atoms with Crippen molar-refractivity contribution in [3.63, 3.8) is 0 Å². The molecule has 0 atom stereocenters. The second-order valence-electron chi connectivity index (χ2n) is 4.48. The minimum Gasteiger partial charge on any atom is -0.506 e. The van der Waals surface area contributed by atoms with Crippen LogP contribution in [0.3, 0.4) is 0 Å². The van der Waals surface area contributed by atoms with E-state index < -0.39 is 0 Å². The van der Waals surface area contributed by atoms with Crippen LogP contribution in [-0.4, -0.2) is 24.2 Å². The van der Waals surface area contributed by atoms with Crippen molar-refractivity contribution < 1.29 is 19.4 Å². The molecule has 21 heavy (non-hydrogen) atoms. The van der Waals surface area contributed by atoms with Crippen molar-refractivity contribution in [3.05, 3.63) is 47.0 Å². The number of carbonyl (C=O) groups excluding carboxylic acids is 1. The lowest BCUT2D eigenvalue weighted by atomic mass is 10.1. The topological polar surface area (TPSA) is 67.8 Å². The van der Waals surface area contributed by atoms with Gasteiger partial charge < -0.3 is 19.9 Å². The van der Waals surface area contributed by atoms with Crippen LogP contribution in [0.25, 0.3) is 0 Å².